The molecule has 13 aromatic carbocycles. The van der Waals surface area contributed by atoms with Crippen molar-refractivity contribution < 1.29 is 0 Å². The van der Waals surface area contributed by atoms with Crippen LogP contribution in [0.2, 0.25) is 0 Å². The molecule has 8 heteroatoms. The van der Waals surface area contributed by atoms with Gasteiger partial charge in [-0.3, -0.25) is 9.47 Å². The minimum atomic E-state index is 0.527. The Morgan fingerprint density at radius 1 is 0.205 bits per heavy atom. The molecule has 4 heterocycles. The number of benzene rings is 13. The monoisotopic (exact) mass is 1130 g/mol. The van der Waals surface area contributed by atoms with Crippen LogP contribution >= 0.6 is 0 Å². The number of rotatable bonds is 12. The zero-order valence-corrected chi connectivity index (χ0v) is 47.8. The zero-order valence-electron chi connectivity index (χ0n) is 47.8. The second-order valence-corrected chi connectivity index (χ2v) is 22.2. The third-order valence-corrected chi connectivity index (χ3v) is 17.2. The molecule has 0 radical (unpaired) electrons. The van der Waals surface area contributed by atoms with Crippen LogP contribution in [0, 0.1) is 0 Å². The number of para-hydroxylation sites is 9. The van der Waals surface area contributed by atoms with E-state index in [1.165, 1.54) is 16.2 Å². The normalized spacial score (nSPS) is 11.6. The average Bonchev–Trinajstić information content (AvgIpc) is 2.18. The lowest BCUT2D eigenvalue weighted by Gasteiger charge is -2.27. The molecule has 4 aromatic heterocycles. The fourth-order valence-corrected chi connectivity index (χ4v) is 13.3. The molecule has 0 aliphatic heterocycles. The van der Waals surface area contributed by atoms with Crippen molar-refractivity contribution in [3.63, 3.8) is 0 Å². The van der Waals surface area contributed by atoms with E-state index in [1.807, 2.05) is 0 Å². The summed E-state index contributed by atoms with van der Waals surface area (Å²) in [5, 5.41) is 7.84. The first-order chi connectivity index (χ1) is 43.7. The highest BCUT2D eigenvalue weighted by molar-refractivity contribution is 6.14. The van der Waals surface area contributed by atoms with Gasteiger partial charge in [-0.25, -0.2) is 4.98 Å². The van der Waals surface area contributed by atoms with E-state index in [0.717, 1.165) is 123 Å². The van der Waals surface area contributed by atoms with E-state index in [0.29, 0.717) is 5.95 Å². The van der Waals surface area contributed by atoms with Gasteiger partial charge < -0.3 is 18.9 Å². The second-order valence-electron chi connectivity index (χ2n) is 22.2. The fourth-order valence-electron chi connectivity index (χ4n) is 13.3. The van der Waals surface area contributed by atoms with Crippen LogP contribution in [0.25, 0.3) is 93.5 Å². The van der Waals surface area contributed by atoms with Crippen LogP contribution in [0.4, 0.5) is 51.4 Å². The van der Waals surface area contributed by atoms with Gasteiger partial charge in [-0.05, 0) is 146 Å². The fraction of sp³-hybridized carbons (Fsp3) is 0. The van der Waals surface area contributed by atoms with E-state index in [2.05, 4.69) is 356 Å². The SMILES string of the molecule is c1ccc(N(c2ccc3nc(N(c4ccccc4)c4ccc5c6ccccc6n(-c6ccccc6)c5c4)nc(-n4c5ccccc5c5ccc(N(c6ccccc6)c6ccccc6)cc54)c3c2)c2ccc3c4ccccc4n(-c4ccccc4)c3c2)cc1. The molecule has 0 saturated carbocycles. The van der Waals surface area contributed by atoms with Crippen molar-refractivity contribution in [3.05, 3.63) is 328 Å². The van der Waals surface area contributed by atoms with Crippen LogP contribution in [0.1, 0.15) is 0 Å². The van der Waals surface area contributed by atoms with Crippen LogP contribution in [0.3, 0.4) is 0 Å². The molecule has 0 unspecified atom stereocenters. The largest absolute Gasteiger partial charge is 0.310 e. The Hall–Kier alpha value is -12.0. The molecule has 0 amide bonds. The van der Waals surface area contributed by atoms with Gasteiger partial charge in [0.15, 0.2) is 5.82 Å². The molecule has 0 bridgehead atoms. The molecular formula is C80H54N8. The predicted molar refractivity (Wildman–Crippen MR) is 367 cm³/mol. The molecule has 17 aromatic rings. The van der Waals surface area contributed by atoms with Gasteiger partial charge in [0.2, 0.25) is 5.95 Å². The molecule has 0 aliphatic carbocycles. The molecule has 17 rings (SSSR count). The average molecular weight is 1130 g/mol. The Balaban J connectivity index is 0.943. The van der Waals surface area contributed by atoms with Crippen molar-refractivity contribution in [1.82, 2.24) is 23.7 Å². The lowest BCUT2D eigenvalue weighted by Crippen LogP contribution is -2.16. The van der Waals surface area contributed by atoms with Crippen molar-refractivity contribution in [3.8, 4) is 17.2 Å². The van der Waals surface area contributed by atoms with E-state index in [4.69, 9.17) is 9.97 Å². The molecule has 0 aliphatic rings. The summed E-state index contributed by atoms with van der Waals surface area (Å²) < 4.78 is 7.12. The number of fused-ring (bicyclic) bond motifs is 10. The van der Waals surface area contributed by atoms with Gasteiger partial charge >= 0.3 is 0 Å². The molecule has 0 N–H and O–H groups in total. The van der Waals surface area contributed by atoms with Gasteiger partial charge in [0.05, 0.1) is 44.3 Å². The van der Waals surface area contributed by atoms with Gasteiger partial charge in [-0.2, -0.15) is 4.98 Å². The molecule has 88 heavy (non-hydrogen) atoms. The molecule has 8 nitrogen and oxygen atoms in total. The topological polar surface area (TPSA) is 50.3 Å². The Morgan fingerprint density at radius 2 is 0.511 bits per heavy atom. The number of aromatic nitrogens is 5. The Labute approximate surface area is 508 Å². The van der Waals surface area contributed by atoms with E-state index in [-0.39, 0.29) is 0 Å². The van der Waals surface area contributed by atoms with Gasteiger partial charge in [-0.1, -0.05) is 182 Å². The van der Waals surface area contributed by atoms with Crippen molar-refractivity contribution in [2.45, 2.75) is 0 Å². The summed E-state index contributed by atoms with van der Waals surface area (Å²) in [5.74, 6) is 1.27. The van der Waals surface area contributed by atoms with E-state index in [9.17, 15) is 0 Å². The third kappa shape index (κ3) is 8.37. The summed E-state index contributed by atoms with van der Waals surface area (Å²) in [6.45, 7) is 0. The van der Waals surface area contributed by atoms with Crippen LogP contribution in [-0.2, 0) is 0 Å². The van der Waals surface area contributed by atoms with E-state index >= 15 is 0 Å². The van der Waals surface area contributed by atoms with Crippen LogP contribution in [0.15, 0.2) is 328 Å². The maximum Gasteiger partial charge on any atom is 0.237 e. The van der Waals surface area contributed by atoms with Crippen LogP contribution < -0.4 is 14.7 Å². The van der Waals surface area contributed by atoms with E-state index < -0.39 is 0 Å². The van der Waals surface area contributed by atoms with Crippen LogP contribution in [-0.4, -0.2) is 23.7 Å². The number of hydrogen-bond donors (Lipinski definition) is 0. The molecule has 414 valence electrons. The van der Waals surface area contributed by atoms with Crippen molar-refractivity contribution in [2.75, 3.05) is 14.7 Å². The summed E-state index contributed by atoms with van der Waals surface area (Å²) in [6.07, 6.45) is 0. The third-order valence-electron chi connectivity index (χ3n) is 17.2. The lowest BCUT2D eigenvalue weighted by molar-refractivity contribution is 1.04. The lowest BCUT2D eigenvalue weighted by atomic mass is 10.1. The maximum atomic E-state index is 5.98. The van der Waals surface area contributed by atoms with Gasteiger partial charge in [0, 0.05) is 88.9 Å². The van der Waals surface area contributed by atoms with Gasteiger partial charge in [-0.15, -0.1) is 0 Å². The highest BCUT2D eigenvalue weighted by Gasteiger charge is 2.26. The van der Waals surface area contributed by atoms with Crippen molar-refractivity contribution in [1.29, 1.82) is 0 Å². The molecule has 0 spiro atoms. The second kappa shape index (κ2) is 21.0. The molecule has 0 saturated heterocycles. The van der Waals surface area contributed by atoms with Gasteiger partial charge in [0.25, 0.3) is 0 Å². The highest BCUT2D eigenvalue weighted by Crippen LogP contribution is 2.46. The quantitative estimate of drug-likeness (QED) is 0.122. The van der Waals surface area contributed by atoms with Crippen molar-refractivity contribution >= 4 is 128 Å². The summed E-state index contributed by atoms with van der Waals surface area (Å²) >= 11 is 0. The maximum absolute atomic E-state index is 5.98. The molecule has 0 fully saturated rings. The van der Waals surface area contributed by atoms with E-state index in [1.54, 1.807) is 0 Å². The summed E-state index contributed by atoms with van der Waals surface area (Å²) in [5.41, 5.74) is 17.5. The predicted octanol–water partition coefficient (Wildman–Crippen LogP) is 21.3. The first-order valence-electron chi connectivity index (χ1n) is 29.8. The zero-order chi connectivity index (χ0) is 58.1. The minimum absolute atomic E-state index is 0.527. The number of hydrogen-bond acceptors (Lipinski definition) is 5. The van der Waals surface area contributed by atoms with Crippen molar-refractivity contribution in [2.24, 2.45) is 0 Å². The highest BCUT2D eigenvalue weighted by atomic mass is 15.3. The smallest absolute Gasteiger partial charge is 0.237 e. The first kappa shape index (κ1) is 50.5. The molecule has 0 atom stereocenters. The number of anilines is 9. The summed E-state index contributed by atoms with van der Waals surface area (Å²) in [6, 6.07) is 117. The summed E-state index contributed by atoms with van der Waals surface area (Å²) in [7, 11) is 0. The van der Waals surface area contributed by atoms with Gasteiger partial charge in [0.1, 0.15) is 0 Å². The Morgan fingerprint density at radius 3 is 0.943 bits per heavy atom. The number of nitrogens with zero attached hydrogens (tertiary/aromatic N) is 8. The standard InChI is InChI=1S/C80H54N8/c1-7-25-55(26-8-1)83(56-27-9-2-10-28-56)62-43-48-70-67-39-21-24-42-75(67)88(78(70)53-62)79-71-51-61(84(57-29-11-3-12-30-57)63-44-47-68-65-37-19-22-40-73(65)86(76(68)52-63)59-33-15-5-16-34-59)46-50-72(71)81-80(82-79)85(58-31-13-4-14-32-58)64-45-49-69-66-38-20-23-41-74(66)87(77(69)54-64)60-35-17-6-18-36-60/h1-54H. The molecular weight excluding hydrogens is 1070 g/mol. The first-order valence-corrected chi connectivity index (χ1v) is 29.8. The Kier molecular flexibility index (Phi) is 12.0. The van der Waals surface area contributed by atoms with Crippen LogP contribution in [0.5, 0.6) is 0 Å². The summed E-state index contributed by atoms with van der Waals surface area (Å²) in [4.78, 5) is 18.6. The minimum Gasteiger partial charge on any atom is -0.310 e. The Bertz CT molecular complexity index is 5410.